The van der Waals surface area contributed by atoms with E-state index in [0.717, 1.165) is 11.0 Å². The minimum atomic E-state index is -0.159. The Morgan fingerprint density at radius 3 is 2.45 bits per heavy atom. The lowest BCUT2D eigenvalue weighted by molar-refractivity contribution is -0.120. The Morgan fingerprint density at radius 1 is 1.12 bits per heavy atom. The molecule has 2 heterocycles. The summed E-state index contributed by atoms with van der Waals surface area (Å²) in [5, 5.41) is 3.30. The Kier molecular flexibility index (Phi) is 7.03. The molecule has 0 saturated carbocycles. The molecule has 1 aliphatic rings. The molecule has 1 aliphatic heterocycles. The van der Waals surface area contributed by atoms with Crippen molar-refractivity contribution >= 4 is 40.0 Å². The highest BCUT2D eigenvalue weighted by Crippen LogP contribution is 2.38. The van der Waals surface area contributed by atoms with E-state index in [1.807, 2.05) is 31.2 Å². The summed E-state index contributed by atoms with van der Waals surface area (Å²) in [6.07, 6.45) is 1.34. The third-order valence-electron chi connectivity index (χ3n) is 5.70. The normalized spacial score (nSPS) is 14.2. The molecule has 3 aromatic rings. The number of nitrogens with one attached hydrogen (secondary N) is 1. The third kappa shape index (κ3) is 4.90. The Morgan fingerprint density at radius 2 is 1.82 bits per heavy atom. The highest BCUT2D eigenvalue weighted by atomic mass is 35.5. The van der Waals surface area contributed by atoms with Crippen LogP contribution >= 0.6 is 11.6 Å². The number of rotatable bonds is 7. The standard InChI is InChI=1S/C24H27ClN4O4/c1-4-33-24-22(26-18-7-5-6-8-19(18)27-24)29-11-9-15(10-12-29)23(30)28-21-17(25)13-16(31-2)14-20(21)32-3/h5-8,13-15H,4,9-12H2,1-3H3,(H,28,30). The zero-order valence-electron chi connectivity index (χ0n) is 18.9. The molecule has 1 saturated heterocycles. The number of piperidine rings is 1. The van der Waals surface area contributed by atoms with E-state index < -0.39 is 0 Å². The van der Waals surface area contributed by atoms with E-state index in [9.17, 15) is 4.79 Å². The van der Waals surface area contributed by atoms with Crippen molar-refractivity contribution in [1.29, 1.82) is 0 Å². The SMILES string of the molecule is CCOc1nc2ccccc2nc1N1CCC(C(=O)Nc2c(Cl)cc(OC)cc2OC)CC1. The van der Waals surface area contributed by atoms with Gasteiger partial charge in [0.05, 0.1) is 36.9 Å². The van der Waals surface area contributed by atoms with Crippen molar-refractivity contribution in [2.45, 2.75) is 19.8 Å². The summed E-state index contributed by atoms with van der Waals surface area (Å²) >= 11 is 6.36. The Balaban J connectivity index is 1.47. The average molecular weight is 471 g/mol. The number of amides is 1. The van der Waals surface area contributed by atoms with E-state index in [4.69, 9.17) is 30.8 Å². The van der Waals surface area contributed by atoms with E-state index >= 15 is 0 Å². The first-order valence-electron chi connectivity index (χ1n) is 10.9. The number of benzene rings is 2. The van der Waals surface area contributed by atoms with Crippen LogP contribution in [0.2, 0.25) is 5.02 Å². The summed E-state index contributed by atoms with van der Waals surface area (Å²) in [7, 11) is 3.08. The van der Waals surface area contributed by atoms with Gasteiger partial charge in [0, 0.05) is 31.1 Å². The van der Waals surface area contributed by atoms with Gasteiger partial charge < -0.3 is 24.4 Å². The van der Waals surface area contributed by atoms with Gasteiger partial charge in [0.2, 0.25) is 5.91 Å². The van der Waals surface area contributed by atoms with Gasteiger partial charge >= 0.3 is 0 Å². The van der Waals surface area contributed by atoms with Crippen molar-refractivity contribution in [1.82, 2.24) is 9.97 Å². The van der Waals surface area contributed by atoms with Crippen LogP contribution in [0.15, 0.2) is 36.4 Å². The first-order valence-corrected chi connectivity index (χ1v) is 11.3. The molecule has 1 N–H and O–H groups in total. The summed E-state index contributed by atoms with van der Waals surface area (Å²) in [5.41, 5.74) is 2.06. The summed E-state index contributed by atoms with van der Waals surface area (Å²) in [4.78, 5) is 24.6. The molecule has 1 aromatic heterocycles. The molecule has 0 unspecified atom stereocenters. The molecule has 9 heteroatoms. The van der Waals surface area contributed by atoms with Crippen molar-refractivity contribution in [2.24, 2.45) is 5.92 Å². The number of aromatic nitrogens is 2. The lowest BCUT2D eigenvalue weighted by atomic mass is 9.95. The van der Waals surface area contributed by atoms with Crippen LogP contribution in [0.4, 0.5) is 11.5 Å². The monoisotopic (exact) mass is 470 g/mol. The van der Waals surface area contributed by atoms with Crippen LogP contribution in [-0.4, -0.2) is 49.8 Å². The van der Waals surface area contributed by atoms with E-state index in [2.05, 4.69) is 15.2 Å². The second kappa shape index (κ2) is 10.1. The van der Waals surface area contributed by atoms with Crippen molar-refractivity contribution < 1.29 is 19.0 Å². The predicted octanol–water partition coefficient (Wildman–Crippen LogP) is 4.55. The van der Waals surface area contributed by atoms with Gasteiger partial charge in [-0.2, -0.15) is 0 Å². The molecular formula is C24H27ClN4O4. The van der Waals surface area contributed by atoms with Crippen molar-refractivity contribution in [3.05, 3.63) is 41.4 Å². The van der Waals surface area contributed by atoms with Crippen LogP contribution in [-0.2, 0) is 4.79 Å². The molecule has 2 aromatic carbocycles. The maximum Gasteiger partial charge on any atom is 0.258 e. The van der Waals surface area contributed by atoms with Crippen LogP contribution < -0.4 is 24.4 Å². The van der Waals surface area contributed by atoms with Crippen molar-refractivity contribution in [3.63, 3.8) is 0 Å². The van der Waals surface area contributed by atoms with Gasteiger partial charge in [-0.15, -0.1) is 0 Å². The molecule has 8 nitrogen and oxygen atoms in total. The topological polar surface area (TPSA) is 85.8 Å². The van der Waals surface area contributed by atoms with Gasteiger partial charge in [-0.25, -0.2) is 9.97 Å². The average Bonchev–Trinajstić information content (AvgIpc) is 2.84. The maximum atomic E-state index is 13.0. The van der Waals surface area contributed by atoms with Crippen LogP contribution in [0.25, 0.3) is 11.0 Å². The predicted molar refractivity (Wildman–Crippen MR) is 129 cm³/mol. The molecule has 4 rings (SSSR count). The van der Waals surface area contributed by atoms with Crippen molar-refractivity contribution in [2.75, 3.05) is 44.1 Å². The van der Waals surface area contributed by atoms with Gasteiger partial charge in [0.1, 0.15) is 17.2 Å². The van der Waals surface area contributed by atoms with Gasteiger partial charge in [-0.3, -0.25) is 4.79 Å². The fourth-order valence-corrected chi connectivity index (χ4v) is 4.20. The number of anilines is 2. The minimum Gasteiger partial charge on any atom is -0.497 e. The van der Waals surface area contributed by atoms with Crippen LogP contribution in [0.1, 0.15) is 19.8 Å². The molecule has 0 spiro atoms. The van der Waals surface area contributed by atoms with E-state index in [1.54, 1.807) is 19.2 Å². The Bertz CT molecular complexity index is 1150. The number of para-hydroxylation sites is 2. The number of methoxy groups -OCH3 is 2. The number of ether oxygens (including phenoxy) is 3. The quantitative estimate of drug-likeness (QED) is 0.542. The number of fused-ring (bicyclic) bond motifs is 1. The van der Waals surface area contributed by atoms with E-state index in [-0.39, 0.29) is 11.8 Å². The second-order valence-corrected chi connectivity index (χ2v) is 8.12. The number of nitrogens with zero attached hydrogens (tertiary/aromatic N) is 3. The van der Waals surface area contributed by atoms with Crippen LogP contribution in [0.3, 0.4) is 0 Å². The molecule has 174 valence electrons. The third-order valence-corrected chi connectivity index (χ3v) is 6.00. The fraction of sp³-hybridized carbons (Fsp3) is 0.375. The zero-order valence-corrected chi connectivity index (χ0v) is 19.7. The summed E-state index contributed by atoms with van der Waals surface area (Å²) in [6, 6.07) is 11.1. The molecule has 1 fully saturated rings. The van der Waals surface area contributed by atoms with E-state index in [0.29, 0.717) is 66.4 Å². The lowest BCUT2D eigenvalue weighted by Gasteiger charge is -2.32. The second-order valence-electron chi connectivity index (χ2n) is 7.71. The first kappa shape index (κ1) is 22.9. The number of halogens is 1. The lowest BCUT2D eigenvalue weighted by Crippen LogP contribution is -2.39. The molecule has 0 aliphatic carbocycles. The molecule has 33 heavy (non-hydrogen) atoms. The Labute approximate surface area is 197 Å². The molecule has 0 bridgehead atoms. The van der Waals surface area contributed by atoms with Gasteiger partial charge in [0.15, 0.2) is 5.82 Å². The fourth-order valence-electron chi connectivity index (χ4n) is 3.95. The van der Waals surface area contributed by atoms with Gasteiger partial charge in [0.25, 0.3) is 5.88 Å². The summed E-state index contributed by atoms with van der Waals surface area (Å²) in [5.74, 6) is 2.01. The van der Waals surface area contributed by atoms with E-state index in [1.165, 1.54) is 7.11 Å². The summed E-state index contributed by atoms with van der Waals surface area (Å²) < 4.78 is 16.4. The molecule has 0 radical (unpaired) electrons. The summed E-state index contributed by atoms with van der Waals surface area (Å²) in [6.45, 7) is 3.76. The number of carbonyl (C=O) groups excluding carboxylic acids is 1. The number of hydrogen-bond donors (Lipinski definition) is 1. The number of hydrogen-bond acceptors (Lipinski definition) is 7. The molecule has 0 atom stereocenters. The smallest absolute Gasteiger partial charge is 0.258 e. The maximum absolute atomic E-state index is 13.0. The van der Waals surface area contributed by atoms with Crippen LogP contribution in [0, 0.1) is 5.92 Å². The highest BCUT2D eigenvalue weighted by molar-refractivity contribution is 6.34. The van der Waals surface area contributed by atoms with Gasteiger partial charge in [-0.1, -0.05) is 23.7 Å². The van der Waals surface area contributed by atoms with Gasteiger partial charge in [-0.05, 0) is 31.9 Å². The molecule has 1 amide bonds. The van der Waals surface area contributed by atoms with Crippen LogP contribution in [0.5, 0.6) is 17.4 Å². The largest absolute Gasteiger partial charge is 0.497 e. The molecular weight excluding hydrogens is 444 g/mol. The minimum absolute atomic E-state index is 0.0883. The zero-order chi connectivity index (χ0) is 23.4. The highest BCUT2D eigenvalue weighted by Gasteiger charge is 2.29. The Hall–Kier alpha value is -3.26. The van der Waals surface area contributed by atoms with Crippen molar-refractivity contribution in [3.8, 4) is 17.4 Å². The first-order chi connectivity index (χ1) is 16.0. The number of carbonyl (C=O) groups is 1.